The molecule has 0 saturated carbocycles. The van der Waals surface area contributed by atoms with Crippen molar-refractivity contribution in [2.45, 2.75) is 26.3 Å². The Labute approximate surface area is 193 Å². The molecule has 0 bridgehead atoms. The molecule has 2 heterocycles. The van der Waals surface area contributed by atoms with Gasteiger partial charge >= 0.3 is 0 Å². The van der Waals surface area contributed by atoms with Crippen molar-refractivity contribution < 1.29 is 14.3 Å². The number of carbonyl (C=O) groups excluding carboxylic acids is 1. The van der Waals surface area contributed by atoms with Crippen LogP contribution in [0.2, 0.25) is 0 Å². The average molecular weight is 445 g/mol. The van der Waals surface area contributed by atoms with E-state index in [2.05, 4.69) is 17.3 Å². The maximum atomic E-state index is 13.5. The van der Waals surface area contributed by atoms with Crippen molar-refractivity contribution in [1.82, 2.24) is 20.1 Å². The fourth-order valence-electron chi connectivity index (χ4n) is 4.03. The van der Waals surface area contributed by atoms with E-state index in [9.17, 15) is 4.79 Å². The summed E-state index contributed by atoms with van der Waals surface area (Å²) in [4.78, 5) is 18.4. The van der Waals surface area contributed by atoms with Gasteiger partial charge in [0.1, 0.15) is 11.5 Å². The molecule has 170 valence electrons. The summed E-state index contributed by atoms with van der Waals surface area (Å²) in [6.07, 6.45) is 0.754. The first kappa shape index (κ1) is 22.3. The zero-order valence-electron chi connectivity index (χ0n) is 19.5. The van der Waals surface area contributed by atoms with Crippen molar-refractivity contribution in [1.29, 1.82) is 0 Å². The first-order valence-electron chi connectivity index (χ1n) is 10.9. The summed E-state index contributed by atoms with van der Waals surface area (Å²) in [6.45, 7) is 3.95. The van der Waals surface area contributed by atoms with Gasteiger partial charge in [0.25, 0.3) is 5.91 Å². The predicted octanol–water partition coefficient (Wildman–Crippen LogP) is 4.84. The second-order valence-corrected chi connectivity index (χ2v) is 7.90. The van der Waals surface area contributed by atoms with Crippen LogP contribution in [-0.4, -0.2) is 34.9 Å². The molecule has 4 rings (SSSR count). The third-order valence-electron chi connectivity index (χ3n) is 5.83. The van der Waals surface area contributed by atoms with E-state index in [0.717, 1.165) is 40.1 Å². The number of hydrogen-bond acceptors (Lipinski definition) is 5. The van der Waals surface area contributed by atoms with Gasteiger partial charge in [-0.1, -0.05) is 19.1 Å². The lowest BCUT2D eigenvalue weighted by atomic mass is 10.0. The standard InChI is InChI=1S/C26H28N4O3/c1-6-22(17-7-11-19(32-4)12-8-17)28-26(31)21-15-23(18-9-13-20(33-5)14-10-18)27-25-24(21)16(2)29-30(25)3/h7-15,22H,6H2,1-5H3,(H,28,31)/t22-/m0/s1. The topological polar surface area (TPSA) is 78.3 Å². The second-order valence-electron chi connectivity index (χ2n) is 7.90. The Bertz CT molecular complexity index is 1280. The van der Waals surface area contributed by atoms with Gasteiger partial charge in [0, 0.05) is 12.6 Å². The van der Waals surface area contributed by atoms with Gasteiger partial charge in [0.05, 0.1) is 42.6 Å². The van der Waals surface area contributed by atoms with Crippen molar-refractivity contribution in [2.75, 3.05) is 14.2 Å². The highest BCUT2D eigenvalue weighted by Crippen LogP contribution is 2.29. The largest absolute Gasteiger partial charge is 0.497 e. The predicted molar refractivity (Wildman–Crippen MR) is 129 cm³/mol. The van der Waals surface area contributed by atoms with E-state index in [-0.39, 0.29) is 11.9 Å². The molecule has 0 aliphatic carbocycles. The number of aromatic nitrogens is 3. The van der Waals surface area contributed by atoms with E-state index in [0.29, 0.717) is 16.9 Å². The quantitative estimate of drug-likeness (QED) is 0.441. The van der Waals surface area contributed by atoms with Crippen molar-refractivity contribution in [3.63, 3.8) is 0 Å². The van der Waals surface area contributed by atoms with Gasteiger partial charge in [0.2, 0.25) is 0 Å². The minimum Gasteiger partial charge on any atom is -0.497 e. The lowest BCUT2D eigenvalue weighted by molar-refractivity contribution is 0.0937. The number of nitrogens with zero attached hydrogens (tertiary/aromatic N) is 3. The number of methoxy groups -OCH3 is 2. The number of nitrogens with one attached hydrogen (secondary N) is 1. The molecule has 4 aromatic rings. The number of ether oxygens (including phenoxy) is 2. The number of benzene rings is 2. The van der Waals surface area contributed by atoms with Crippen LogP contribution in [-0.2, 0) is 7.05 Å². The van der Waals surface area contributed by atoms with Crippen LogP contribution in [0.5, 0.6) is 11.5 Å². The summed E-state index contributed by atoms with van der Waals surface area (Å²) in [6, 6.07) is 17.1. The minimum atomic E-state index is -0.157. The molecule has 1 N–H and O–H groups in total. The van der Waals surface area contributed by atoms with E-state index < -0.39 is 0 Å². The van der Waals surface area contributed by atoms with Crippen LogP contribution in [0.15, 0.2) is 54.6 Å². The Morgan fingerprint density at radius 1 is 1.03 bits per heavy atom. The smallest absolute Gasteiger partial charge is 0.252 e. The molecule has 0 unspecified atom stereocenters. The summed E-state index contributed by atoms with van der Waals surface area (Å²) in [7, 11) is 5.11. The van der Waals surface area contributed by atoms with Gasteiger partial charge in [0.15, 0.2) is 5.65 Å². The molecule has 0 saturated heterocycles. The highest BCUT2D eigenvalue weighted by molar-refractivity contribution is 6.07. The number of amides is 1. The van der Waals surface area contributed by atoms with Crippen LogP contribution < -0.4 is 14.8 Å². The van der Waals surface area contributed by atoms with Crippen molar-refractivity contribution >= 4 is 16.9 Å². The van der Waals surface area contributed by atoms with Crippen LogP contribution in [0.3, 0.4) is 0 Å². The maximum Gasteiger partial charge on any atom is 0.252 e. The molecule has 0 aliphatic heterocycles. The maximum absolute atomic E-state index is 13.5. The number of rotatable bonds is 7. The highest BCUT2D eigenvalue weighted by atomic mass is 16.5. The van der Waals surface area contributed by atoms with Crippen molar-refractivity contribution in [3.8, 4) is 22.8 Å². The van der Waals surface area contributed by atoms with Gasteiger partial charge in [-0.25, -0.2) is 4.98 Å². The van der Waals surface area contributed by atoms with Gasteiger partial charge < -0.3 is 14.8 Å². The molecule has 0 spiro atoms. The second kappa shape index (κ2) is 9.32. The Hall–Kier alpha value is -3.87. The summed E-state index contributed by atoms with van der Waals surface area (Å²) in [5.41, 5.74) is 4.62. The molecule has 2 aromatic heterocycles. The molecule has 33 heavy (non-hydrogen) atoms. The molecular formula is C26H28N4O3. The van der Waals surface area contributed by atoms with Crippen LogP contribution in [0.4, 0.5) is 0 Å². The fraction of sp³-hybridized carbons (Fsp3) is 0.269. The number of aryl methyl sites for hydroxylation is 2. The zero-order valence-corrected chi connectivity index (χ0v) is 19.5. The third kappa shape index (κ3) is 4.39. The van der Waals surface area contributed by atoms with Crippen LogP contribution in [0.1, 0.15) is 41.0 Å². The fourth-order valence-corrected chi connectivity index (χ4v) is 4.03. The number of carbonyl (C=O) groups is 1. The lowest BCUT2D eigenvalue weighted by Crippen LogP contribution is -2.28. The molecule has 0 fully saturated rings. The lowest BCUT2D eigenvalue weighted by Gasteiger charge is -2.18. The summed E-state index contributed by atoms with van der Waals surface area (Å²) >= 11 is 0. The SMILES string of the molecule is CC[C@H](NC(=O)c1cc(-c2ccc(OC)cc2)nc2c1c(C)nn2C)c1ccc(OC)cc1. The Kier molecular flexibility index (Phi) is 6.31. The minimum absolute atomic E-state index is 0.131. The first-order valence-corrected chi connectivity index (χ1v) is 10.9. The molecule has 1 amide bonds. The van der Waals surface area contributed by atoms with E-state index >= 15 is 0 Å². The Morgan fingerprint density at radius 3 is 2.21 bits per heavy atom. The monoisotopic (exact) mass is 444 g/mol. The van der Waals surface area contributed by atoms with E-state index in [1.54, 1.807) is 18.9 Å². The van der Waals surface area contributed by atoms with Crippen molar-refractivity contribution in [2.24, 2.45) is 7.05 Å². The van der Waals surface area contributed by atoms with Gasteiger partial charge in [-0.3, -0.25) is 9.48 Å². The number of hydrogen-bond donors (Lipinski definition) is 1. The van der Waals surface area contributed by atoms with E-state index in [1.807, 2.05) is 68.6 Å². The summed E-state index contributed by atoms with van der Waals surface area (Å²) < 4.78 is 12.2. The van der Waals surface area contributed by atoms with Crippen molar-refractivity contribution in [3.05, 3.63) is 71.4 Å². The molecule has 7 heteroatoms. The molecule has 2 aromatic carbocycles. The van der Waals surface area contributed by atoms with Gasteiger partial charge in [-0.05, 0) is 61.4 Å². The van der Waals surface area contributed by atoms with Crippen LogP contribution >= 0.6 is 0 Å². The van der Waals surface area contributed by atoms with Crippen LogP contribution in [0.25, 0.3) is 22.3 Å². The van der Waals surface area contributed by atoms with Crippen LogP contribution in [0, 0.1) is 6.92 Å². The molecule has 1 atom stereocenters. The highest BCUT2D eigenvalue weighted by Gasteiger charge is 2.21. The summed E-state index contributed by atoms with van der Waals surface area (Å²) in [5.74, 6) is 1.39. The van der Waals surface area contributed by atoms with Gasteiger partial charge in [-0.15, -0.1) is 0 Å². The number of pyridine rings is 1. The average Bonchev–Trinajstić information content (AvgIpc) is 3.15. The molecule has 7 nitrogen and oxygen atoms in total. The molecule has 0 aliphatic rings. The third-order valence-corrected chi connectivity index (χ3v) is 5.83. The van der Waals surface area contributed by atoms with Gasteiger partial charge in [-0.2, -0.15) is 5.10 Å². The molecular weight excluding hydrogens is 416 g/mol. The number of fused-ring (bicyclic) bond motifs is 1. The van der Waals surface area contributed by atoms with E-state index in [1.165, 1.54) is 0 Å². The normalized spacial score (nSPS) is 11.9. The summed E-state index contributed by atoms with van der Waals surface area (Å²) in [5, 5.41) is 8.47. The van der Waals surface area contributed by atoms with E-state index in [4.69, 9.17) is 14.5 Å². The Balaban J connectivity index is 1.74. The Morgan fingerprint density at radius 2 is 1.64 bits per heavy atom. The molecule has 0 radical (unpaired) electrons. The zero-order chi connectivity index (χ0) is 23.5. The first-order chi connectivity index (χ1) is 15.9.